The summed E-state index contributed by atoms with van der Waals surface area (Å²) in [5.41, 5.74) is 1.17. The minimum absolute atomic E-state index is 0.0112. The van der Waals surface area contributed by atoms with E-state index >= 15 is 0 Å². The smallest absolute Gasteiger partial charge is 0.228 e. The van der Waals surface area contributed by atoms with Crippen molar-refractivity contribution >= 4 is 21.2 Å². The number of aromatic nitrogens is 2. The van der Waals surface area contributed by atoms with Crippen LogP contribution < -0.4 is 0 Å². The van der Waals surface area contributed by atoms with Gasteiger partial charge in [-0.3, -0.25) is 4.90 Å². The van der Waals surface area contributed by atoms with Gasteiger partial charge >= 0.3 is 0 Å². The molecule has 1 aromatic carbocycles. The Morgan fingerprint density at radius 1 is 1.17 bits per heavy atom. The lowest BCUT2D eigenvalue weighted by Crippen LogP contribution is -2.25. The first-order valence-electron chi connectivity index (χ1n) is 9.47. The van der Waals surface area contributed by atoms with Gasteiger partial charge in [-0.15, -0.1) is 11.3 Å². The lowest BCUT2D eigenvalue weighted by Gasteiger charge is -2.24. The van der Waals surface area contributed by atoms with E-state index in [-0.39, 0.29) is 23.6 Å². The summed E-state index contributed by atoms with van der Waals surface area (Å²) in [4.78, 5) is 7.59. The fourth-order valence-electron chi connectivity index (χ4n) is 3.06. The summed E-state index contributed by atoms with van der Waals surface area (Å²) < 4.78 is 41.6. The van der Waals surface area contributed by atoms with Gasteiger partial charge in [-0.25, -0.2) is 17.8 Å². The fraction of sp³-hybridized carbons (Fsp3) is 0.381. The Balaban J connectivity index is 1.98. The Hall–Kier alpha value is -2.03. The molecule has 0 amide bonds. The molecule has 0 bridgehead atoms. The maximum Gasteiger partial charge on any atom is 0.228 e. The molecule has 29 heavy (non-hydrogen) atoms. The number of rotatable bonds is 8. The number of imidazole rings is 1. The topological polar surface area (TPSA) is 55.2 Å². The van der Waals surface area contributed by atoms with Crippen molar-refractivity contribution in [1.29, 1.82) is 0 Å². The van der Waals surface area contributed by atoms with Gasteiger partial charge in [0.05, 0.1) is 23.7 Å². The highest BCUT2D eigenvalue weighted by Gasteiger charge is 2.28. The molecule has 1 atom stereocenters. The third-order valence-corrected chi connectivity index (χ3v) is 8.21. The van der Waals surface area contributed by atoms with Crippen LogP contribution in [0.15, 0.2) is 53.1 Å². The third-order valence-electron chi connectivity index (χ3n) is 5.09. The molecule has 0 fully saturated rings. The molecule has 0 spiro atoms. The molecule has 3 aromatic rings. The molecule has 2 heterocycles. The van der Waals surface area contributed by atoms with Crippen LogP contribution in [0.2, 0.25) is 0 Å². The van der Waals surface area contributed by atoms with E-state index in [0.717, 1.165) is 5.69 Å². The second-order valence-electron chi connectivity index (χ2n) is 7.41. The summed E-state index contributed by atoms with van der Waals surface area (Å²) in [7, 11) is -1.62. The van der Waals surface area contributed by atoms with Crippen molar-refractivity contribution in [3.8, 4) is 0 Å². The summed E-state index contributed by atoms with van der Waals surface area (Å²) in [6, 6.07) is 10.7. The second-order valence-corrected chi connectivity index (χ2v) is 10.8. The van der Waals surface area contributed by atoms with Crippen LogP contribution in [0.25, 0.3) is 0 Å². The first kappa shape index (κ1) is 21.7. The zero-order valence-electron chi connectivity index (χ0n) is 17.0. The molecule has 0 radical (unpaired) electrons. The number of hydrogen-bond acceptors (Lipinski definition) is 5. The van der Waals surface area contributed by atoms with Gasteiger partial charge in [-0.1, -0.05) is 24.3 Å². The van der Waals surface area contributed by atoms with Crippen molar-refractivity contribution in [3.05, 3.63) is 69.9 Å². The van der Waals surface area contributed by atoms with Crippen LogP contribution in [0, 0.1) is 5.82 Å². The van der Waals surface area contributed by atoms with Crippen LogP contribution in [0.4, 0.5) is 4.39 Å². The molecule has 0 aliphatic rings. The van der Waals surface area contributed by atoms with Crippen molar-refractivity contribution in [2.75, 3.05) is 7.05 Å². The Kier molecular flexibility index (Phi) is 6.55. The average molecular weight is 436 g/mol. The van der Waals surface area contributed by atoms with Crippen LogP contribution in [-0.2, 0) is 22.9 Å². The molecule has 0 N–H and O–H groups in total. The number of halogens is 1. The van der Waals surface area contributed by atoms with Gasteiger partial charge in [0.2, 0.25) is 15.0 Å². The zero-order chi connectivity index (χ0) is 21.2. The van der Waals surface area contributed by atoms with E-state index < -0.39 is 15.1 Å². The Labute approximate surface area is 175 Å². The summed E-state index contributed by atoms with van der Waals surface area (Å²) in [5.74, 6) is -0.361. The molecule has 0 aliphatic carbocycles. The van der Waals surface area contributed by atoms with Gasteiger partial charge in [0.1, 0.15) is 5.82 Å². The van der Waals surface area contributed by atoms with E-state index in [1.165, 1.54) is 10.9 Å². The molecule has 8 heteroatoms. The van der Waals surface area contributed by atoms with Crippen molar-refractivity contribution in [2.45, 2.75) is 50.3 Å². The maximum absolute atomic E-state index is 14.3. The van der Waals surface area contributed by atoms with Crippen LogP contribution >= 0.6 is 11.3 Å². The molecule has 0 saturated heterocycles. The molecule has 3 rings (SSSR count). The van der Waals surface area contributed by atoms with Gasteiger partial charge in [-0.05, 0) is 45.3 Å². The van der Waals surface area contributed by atoms with Crippen molar-refractivity contribution in [3.63, 3.8) is 0 Å². The molecule has 0 aliphatic heterocycles. The highest BCUT2D eigenvalue weighted by molar-refractivity contribution is 7.91. The second kappa shape index (κ2) is 8.77. The van der Waals surface area contributed by atoms with Crippen LogP contribution in [0.5, 0.6) is 0 Å². The van der Waals surface area contributed by atoms with Crippen molar-refractivity contribution in [1.82, 2.24) is 14.5 Å². The van der Waals surface area contributed by atoms with E-state index in [4.69, 9.17) is 0 Å². The van der Waals surface area contributed by atoms with Gasteiger partial charge in [0, 0.05) is 23.0 Å². The maximum atomic E-state index is 14.3. The molecular formula is C21H26FN3O2S2. The number of thiophene rings is 1. The molecule has 1 unspecified atom stereocenters. The van der Waals surface area contributed by atoms with E-state index in [9.17, 15) is 12.8 Å². The minimum atomic E-state index is -3.61. The van der Waals surface area contributed by atoms with E-state index in [1.54, 1.807) is 54.1 Å². The van der Waals surface area contributed by atoms with Gasteiger partial charge in [-0.2, -0.15) is 0 Å². The monoisotopic (exact) mass is 435 g/mol. The van der Waals surface area contributed by atoms with Crippen LogP contribution in [-0.4, -0.2) is 35.2 Å². The number of benzene rings is 1. The lowest BCUT2D eigenvalue weighted by molar-refractivity contribution is 0.249. The minimum Gasteiger partial charge on any atom is -0.313 e. The molecular weight excluding hydrogens is 409 g/mol. The standard InChI is InChI=1S/C21H26FN3O2S2/c1-15(2)29(26,27)21-23-12-18(14-24(4)16(3)20-10-7-11-28-20)25(21)13-17-8-5-6-9-19(17)22/h5-12,15-16H,13-14H2,1-4H3. The lowest BCUT2D eigenvalue weighted by atomic mass is 10.2. The van der Waals surface area contributed by atoms with Gasteiger partial charge < -0.3 is 4.57 Å². The molecule has 5 nitrogen and oxygen atoms in total. The first-order valence-corrected chi connectivity index (χ1v) is 11.9. The quantitative estimate of drug-likeness (QED) is 0.523. The SMILES string of the molecule is CC(c1cccs1)N(C)Cc1cnc(S(=O)(=O)C(C)C)n1Cc1ccccc1F. The summed E-state index contributed by atoms with van der Waals surface area (Å²) >= 11 is 1.68. The zero-order valence-corrected chi connectivity index (χ0v) is 18.7. The van der Waals surface area contributed by atoms with Gasteiger partial charge in [0.25, 0.3) is 0 Å². The number of sulfone groups is 1. The highest BCUT2D eigenvalue weighted by Crippen LogP contribution is 2.26. The number of nitrogens with zero attached hydrogens (tertiary/aromatic N) is 3. The largest absolute Gasteiger partial charge is 0.313 e. The number of hydrogen-bond donors (Lipinski definition) is 0. The molecule has 156 valence electrons. The first-order chi connectivity index (χ1) is 13.7. The average Bonchev–Trinajstić information content (AvgIpc) is 3.33. The Morgan fingerprint density at radius 3 is 2.52 bits per heavy atom. The summed E-state index contributed by atoms with van der Waals surface area (Å²) in [6.07, 6.45) is 1.59. The van der Waals surface area contributed by atoms with Crippen LogP contribution in [0.3, 0.4) is 0 Å². The predicted octanol–water partition coefficient (Wildman–Crippen LogP) is 4.51. The van der Waals surface area contributed by atoms with E-state index in [2.05, 4.69) is 22.9 Å². The summed E-state index contributed by atoms with van der Waals surface area (Å²) in [5, 5.41) is 1.41. The Morgan fingerprint density at radius 2 is 1.90 bits per heavy atom. The van der Waals surface area contributed by atoms with Crippen molar-refractivity contribution in [2.24, 2.45) is 0 Å². The fourth-order valence-corrected chi connectivity index (χ4v) is 5.02. The highest BCUT2D eigenvalue weighted by atomic mass is 32.2. The normalized spacial score (nSPS) is 13.3. The third kappa shape index (κ3) is 4.60. The Bertz CT molecular complexity index is 1060. The predicted molar refractivity (Wildman–Crippen MR) is 114 cm³/mol. The van der Waals surface area contributed by atoms with Crippen LogP contribution in [0.1, 0.15) is 42.9 Å². The summed E-state index contributed by atoms with van der Waals surface area (Å²) in [6.45, 7) is 5.97. The molecule has 0 saturated carbocycles. The molecule has 2 aromatic heterocycles. The van der Waals surface area contributed by atoms with E-state index in [1.807, 2.05) is 18.5 Å². The van der Waals surface area contributed by atoms with Gasteiger partial charge in [0.15, 0.2) is 0 Å². The van der Waals surface area contributed by atoms with E-state index in [0.29, 0.717) is 12.1 Å². The van der Waals surface area contributed by atoms with Crippen molar-refractivity contribution < 1.29 is 12.8 Å².